The first-order valence-electron chi connectivity index (χ1n) is 7.66. The van der Waals surface area contributed by atoms with Crippen LogP contribution in [0, 0.1) is 0 Å². The van der Waals surface area contributed by atoms with E-state index in [0.29, 0.717) is 40.7 Å². The molecule has 8 heteroatoms. The van der Waals surface area contributed by atoms with Gasteiger partial charge in [0.15, 0.2) is 0 Å². The van der Waals surface area contributed by atoms with Gasteiger partial charge in [0, 0.05) is 48.6 Å². The number of aromatic amines is 1. The van der Waals surface area contributed by atoms with Crippen LogP contribution < -0.4 is 16.2 Å². The number of fused-ring (bicyclic) bond motifs is 1. The summed E-state index contributed by atoms with van der Waals surface area (Å²) in [6.07, 6.45) is 3.60. The largest absolute Gasteiger partial charge is 0.370 e. The number of halogens is 1. The molecule has 0 radical (unpaired) electrons. The normalized spacial score (nSPS) is 10.6. The van der Waals surface area contributed by atoms with E-state index >= 15 is 0 Å². The second-order valence-corrected chi connectivity index (χ2v) is 5.94. The maximum Gasteiger partial charge on any atom is 0.252 e. The minimum atomic E-state index is -0.177. The lowest BCUT2D eigenvalue weighted by molar-refractivity contribution is -0.114. The molecule has 3 aromatic rings. The summed E-state index contributed by atoms with van der Waals surface area (Å²) in [7, 11) is 0. The van der Waals surface area contributed by atoms with Crippen LogP contribution in [0.25, 0.3) is 11.0 Å². The zero-order chi connectivity index (χ0) is 17.8. The van der Waals surface area contributed by atoms with Gasteiger partial charge in [-0.25, -0.2) is 9.97 Å². The number of carbonyl (C=O) groups excluding carboxylic acids is 1. The first-order chi connectivity index (χ1) is 12.0. The molecule has 3 heterocycles. The van der Waals surface area contributed by atoms with Crippen LogP contribution in [0.1, 0.15) is 12.5 Å². The van der Waals surface area contributed by atoms with E-state index < -0.39 is 0 Å². The minimum Gasteiger partial charge on any atom is -0.370 e. The monoisotopic (exact) mass is 357 g/mol. The molecule has 7 nitrogen and oxygen atoms in total. The van der Waals surface area contributed by atoms with E-state index in [2.05, 4.69) is 25.6 Å². The Bertz CT molecular complexity index is 986. The SMILES string of the molecule is CC(=O)Nc1ccnc(NCCc2cc3cc(Cl)cnc3[nH]c2=O)c1. The van der Waals surface area contributed by atoms with Gasteiger partial charge in [0.25, 0.3) is 5.56 Å². The third-order valence-corrected chi connectivity index (χ3v) is 3.72. The number of nitrogens with one attached hydrogen (secondary N) is 3. The lowest BCUT2D eigenvalue weighted by atomic mass is 10.1. The number of pyridine rings is 3. The van der Waals surface area contributed by atoms with Crippen molar-refractivity contribution >= 4 is 40.0 Å². The summed E-state index contributed by atoms with van der Waals surface area (Å²) in [6.45, 7) is 1.96. The molecule has 25 heavy (non-hydrogen) atoms. The van der Waals surface area contributed by atoms with Crippen LogP contribution in [0.5, 0.6) is 0 Å². The Labute approximate surface area is 148 Å². The van der Waals surface area contributed by atoms with E-state index in [1.165, 1.54) is 13.1 Å². The summed E-state index contributed by atoms with van der Waals surface area (Å²) in [5.74, 6) is 0.472. The molecule has 0 aliphatic carbocycles. The van der Waals surface area contributed by atoms with E-state index in [-0.39, 0.29) is 11.5 Å². The summed E-state index contributed by atoms with van der Waals surface area (Å²) in [5, 5.41) is 7.13. The standard InChI is InChI=1S/C17H16ClN5O2/c1-10(24)22-14-3-5-20-15(8-14)19-4-2-11-6-12-7-13(18)9-21-16(12)23-17(11)25/h3,5-9H,2,4H2,1H3,(H,21,23,25)(H2,19,20,22,24). The van der Waals surface area contributed by atoms with Crippen molar-refractivity contribution in [3.63, 3.8) is 0 Å². The summed E-state index contributed by atoms with van der Waals surface area (Å²) in [6, 6.07) is 6.98. The highest BCUT2D eigenvalue weighted by Gasteiger charge is 2.05. The molecular formula is C17H16ClN5O2. The van der Waals surface area contributed by atoms with Gasteiger partial charge in [0.2, 0.25) is 5.91 Å². The second-order valence-electron chi connectivity index (χ2n) is 5.50. The van der Waals surface area contributed by atoms with Gasteiger partial charge in [-0.3, -0.25) is 9.59 Å². The molecule has 0 unspecified atom stereocenters. The number of carbonyl (C=O) groups is 1. The summed E-state index contributed by atoms with van der Waals surface area (Å²) < 4.78 is 0. The van der Waals surface area contributed by atoms with Gasteiger partial charge in [-0.15, -0.1) is 0 Å². The Balaban J connectivity index is 1.69. The molecule has 128 valence electrons. The van der Waals surface area contributed by atoms with Crippen LogP contribution in [-0.4, -0.2) is 27.4 Å². The molecule has 0 aliphatic rings. The van der Waals surface area contributed by atoms with Crippen molar-refractivity contribution in [3.05, 3.63) is 57.6 Å². The molecule has 0 atom stereocenters. The van der Waals surface area contributed by atoms with Gasteiger partial charge in [-0.05, 0) is 24.6 Å². The van der Waals surface area contributed by atoms with Crippen molar-refractivity contribution in [1.29, 1.82) is 0 Å². The van der Waals surface area contributed by atoms with Crippen molar-refractivity contribution < 1.29 is 4.79 Å². The smallest absolute Gasteiger partial charge is 0.252 e. The fourth-order valence-corrected chi connectivity index (χ4v) is 2.60. The van der Waals surface area contributed by atoms with Crippen LogP contribution in [0.2, 0.25) is 5.02 Å². The summed E-state index contributed by atoms with van der Waals surface area (Å²) in [4.78, 5) is 34.2. The quantitative estimate of drug-likeness (QED) is 0.651. The molecule has 0 fully saturated rings. The Hall–Kier alpha value is -2.93. The number of amides is 1. The lowest BCUT2D eigenvalue weighted by Gasteiger charge is -2.08. The maximum absolute atomic E-state index is 12.1. The molecule has 0 aliphatic heterocycles. The third-order valence-electron chi connectivity index (χ3n) is 3.52. The number of anilines is 2. The maximum atomic E-state index is 12.1. The predicted octanol–water partition coefficient (Wildman–Crippen LogP) is 2.58. The van der Waals surface area contributed by atoms with Crippen molar-refractivity contribution in [1.82, 2.24) is 15.0 Å². The van der Waals surface area contributed by atoms with E-state index in [1.54, 1.807) is 30.5 Å². The minimum absolute atomic E-state index is 0.146. The summed E-state index contributed by atoms with van der Waals surface area (Å²) >= 11 is 5.94. The molecular weight excluding hydrogens is 342 g/mol. The van der Waals surface area contributed by atoms with Crippen LogP contribution in [-0.2, 0) is 11.2 Å². The van der Waals surface area contributed by atoms with E-state index in [0.717, 1.165) is 5.39 Å². The third kappa shape index (κ3) is 4.33. The van der Waals surface area contributed by atoms with Crippen molar-refractivity contribution in [3.8, 4) is 0 Å². The molecule has 1 amide bonds. The van der Waals surface area contributed by atoms with Gasteiger partial charge < -0.3 is 15.6 Å². The van der Waals surface area contributed by atoms with Crippen molar-refractivity contribution in [2.24, 2.45) is 0 Å². The Morgan fingerprint density at radius 3 is 2.92 bits per heavy atom. The van der Waals surface area contributed by atoms with Crippen LogP contribution in [0.3, 0.4) is 0 Å². The lowest BCUT2D eigenvalue weighted by Crippen LogP contribution is -2.17. The number of hydrogen-bond donors (Lipinski definition) is 3. The molecule has 3 aromatic heterocycles. The Morgan fingerprint density at radius 1 is 1.28 bits per heavy atom. The average Bonchev–Trinajstić information content (AvgIpc) is 2.55. The van der Waals surface area contributed by atoms with Crippen molar-refractivity contribution in [2.75, 3.05) is 17.2 Å². The topological polar surface area (TPSA) is 99.8 Å². The first kappa shape index (κ1) is 16.9. The highest BCUT2D eigenvalue weighted by atomic mass is 35.5. The highest BCUT2D eigenvalue weighted by molar-refractivity contribution is 6.31. The molecule has 0 aromatic carbocycles. The molecule has 0 bridgehead atoms. The average molecular weight is 358 g/mol. The zero-order valence-corrected chi connectivity index (χ0v) is 14.2. The van der Waals surface area contributed by atoms with Gasteiger partial charge in [0.05, 0.1) is 5.02 Å². The zero-order valence-electron chi connectivity index (χ0n) is 13.5. The molecule has 3 rings (SSSR count). The fourth-order valence-electron chi connectivity index (χ4n) is 2.43. The second kappa shape index (κ2) is 7.31. The number of aromatic nitrogens is 3. The molecule has 3 N–H and O–H groups in total. The number of nitrogens with zero attached hydrogens (tertiary/aromatic N) is 2. The number of H-pyrrole nitrogens is 1. The van der Waals surface area contributed by atoms with Gasteiger partial charge in [0.1, 0.15) is 11.5 Å². The fraction of sp³-hybridized carbons (Fsp3) is 0.176. The number of rotatable bonds is 5. The molecule has 0 saturated carbocycles. The van der Waals surface area contributed by atoms with Gasteiger partial charge in [-0.1, -0.05) is 11.6 Å². The van der Waals surface area contributed by atoms with Crippen LogP contribution in [0.4, 0.5) is 11.5 Å². The highest BCUT2D eigenvalue weighted by Crippen LogP contribution is 2.15. The van der Waals surface area contributed by atoms with E-state index in [4.69, 9.17) is 11.6 Å². The van der Waals surface area contributed by atoms with Crippen LogP contribution >= 0.6 is 11.6 Å². The Morgan fingerprint density at radius 2 is 2.12 bits per heavy atom. The molecule has 0 spiro atoms. The Kier molecular flexibility index (Phi) is 4.95. The number of hydrogen-bond acceptors (Lipinski definition) is 5. The van der Waals surface area contributed by atoms with Gasteiger partial charge in [-0.2, -0.15) is 0 Å². The summed E-state index contributed by atoms with van der Waals surface area (Å²) in [5.41, 5.74) is 1.62. The molecule has 0 saturated heterocycles. The van der Waals surface area contributed by atoms with Gasteiger partial charge >= 0.3 is 0 Å². The van der Waals surface area contributed by atoms with E-state index in [9.17, 15) is 9.59 Å². The van der Waals surface area contributed by atoms with Crippen molar-refractivity contribution in [2.45, 2.75) is 13.3 Å². The van der Waals surface area contributed by atoms with Crippen LogP contribution in [0.15, 0.2) is 41.5 Å². The predicted molar refractivity (Wildman–Crippen MR) is 98.1 cm³/mol. The first-order valence-corrected chi connectivity index (χ1v) is 8.04. The van der Waals surface area contributed by atoms with E-state index in [1.807, 2.05) is 0 Å².